The summed E-state index contributed by atoms with van der Waals surface area (Å²) in [4.78, 5) is 14.8. The number of rotatable bonds is 9. The number of aliphatic imine (C=N–C) groups is 1. The van der Waals surface area contributed by atoms with E-state index in [2.05, 4.69) is 11.9 Å². The van der Waals surface area contributed by atoms with Crippen LogP contribution in [0.2, 0.25) is 0 Å². The van der Waals surface area contributed by atoms with Crippen LogP contribution in [0.25, 0.3) is 0 Å². The van der Waals surface area contributed by atoms with Gasteiger partial charge >= 0.3 is 0 Å². The standard InChI is InChI=1S/C16H29NO/c1-2-3-4-5-6-7-9-12-16(17-15-18)13-10-8-11-14-16/h2-14H2,1H3. The highest BCUT2D eigenvalue weighted by molar-refractivity contribution is 5.35. The molecule has 0 bridgehead atoms. The number of carbonyl (C=O) groups excluding carboxylic acids is 1. The smallest absolute Gasteiger partial charge is 0.211 e. The number of isocyanates is 1. The Morgan fingerprint density at radius 1 is 0.944 bits per heavy atom. The Bertz CT molecular complexity index is 250. The van der Waals surface area contributed by atoms with Crippen LogP contribution in [0.3, 0.4) is 0 Å². The Kier molecular flexibility index (Phi) is 8.00. The maximum Gasteiger partial charge on any atom is 0.235 e. The van der Waals surface area contributed by atoms with Crippen LogP contribution < -0.4 is 0 Å². The lowest BCUT2D eigenvalue weighted by atomic mass is 9.78. The molecule has 104 valence electrons. The molecule has 2 heteroatoms. The molecular formula is C16H29NO. The summed E-state index contributed by atoms with van der Waals surface area (Å²) in [5.74, 6) is 0. The fourth-order valence-corrected chi connectivity index (χ4v) is 3.14. The van der Waals surface area contributed by atoms with Crippen LogP contribution in [0.4, 0.5) is 0 Å². The molecule has 0 aliphatic heterocycles. The van der Waals surface area contributed by atoms with Crippen molar-refractivity contribution in [3.8, 4) is 0 Å². The highest BCUT2D eigenvalue weighted by Gasteiger charge is 2.30. The second kappa shape index (κ2) is 9.33. The Balaban J connectivity index is 2.16. The minimum atomic E-state index is -0.0244. The molecule has 0 atom stereocenters. The van der Waals surface area contributed by atoms with Crippen molar-refractivity contribution in [3.63, 3.8) is 0 Å². The summed E-state index contributed by atoms with van der Waals surface area (Å²) < 4.78 is 0. The quantitative estimate of drug-likeness (QED) is 0.316. The highest BCUT2D eigenvalue weighted by atomic mass is 16.1. The molecule has 0 spiro atoms. The van der Waals surface area contributed by atoms with Crippen LogP contribution in [-0.2, 0) is 4.79 Å². The average Bonchev–Trinajstić information content (AvgIpc) is 2.39. The van der Waals surface area contributed by atoms with E-state index in [0.717, 1.165) is 19.3 Å². The van der Waals surface area contributed by atoms with E-state index in [9.17, 15) is 4.79 Å². The fourth-order valence-electron chi connectivity index (χ4n) is 3.14. The normalized spacial score (nSPS) is 18.3. The van der Waals surface area contributed by atoms with Gasteiger partial charge in [-0.15, -0.1) is 0 Å². The third-order valence-electron chi connectivity index (χ3n) is 4.31. The molecule has 2 nitrogen and oxygen atoms in total. The summed E-state index contributed by atoms with van der Waals surface area (Å²) in [6, 6.07) is 0. The van der Waals surface area contributed by atoms with Crippen molar-refractivity contribution < 1.29 is 4.79 Å². The third-order valence-corrected chi connectivity index (χ3v) is 4.31. The van der Waals surface area contributed by atoms with Gasteiger partial charge < -0.3 is 0 Å². The number of hydrogen-bond acceptors (Lipinski definition) is 2. The molecule has 0 amide bonds. The van der Waals surface area contributed by atoms with E-state index >= 15 is 0 Å². The van der Waals surface area contributed by atoms with Crippen molar-refractivity contribution in [2.24, 2.45) is 4.99 Å². The molecule has 0 aromatic heterocycles. The SMILES string of the molecule is CCCCCCCCCC1(N=C=O)CCCCC1. The summed E-state index contributed by atoms with van der Waals surface area (Å²) in [7, 11) is 0. The summed E-state index contributed by atoms with van der Waals surface area (Å²) in [6.07, 6.45) is 18.3. The van der Waals surface area contributed by atoms with E-state index in [1.165, 1.54) is 64.2 Å². The first-order valence-corrected chi connectivity index (χ1v) is 7.92. The molecule has 0 aromatic rings. The molecule has 0 saturated heterocycles. The lowest BCUT2D eigenvalue weighted by Crippen LogP contribution is -2.29. The van der Waals surface area contributed by atoms with Crippen molar-refractivity contribution in [2.75, 3.05) is 0 Å². The van der Waals surface area contributed by atoms with Crippen molar-refractivity contribution in [1.82, 2.24) is 0 Å². The van der Waals surface area contributed by atoms with Gasteiger partial charge in [-0.05, 0) is 19.3 Å². The van der Waals surface area contributed by atoms with Crippen LogP contribution >= 0.6 is 0 Å². The fraction of sp³-hybridized carbons (Fsp3) is 0.938. The van der Waals surface area contributed by atoms with E-state index in [-0.39, 0.29) is 5.54 Å². The number of nitrogens with zero attached hydrogens (tertiary/aromatic N) is 1. The largest absolute Gasteiger partial charge is 0.235 e. The van der Waals surface area contributed by atoms with E-state index in [0.29, 0.717) is 0 Å². The van der Waals surface area contributed by atoms with Gasteiger partial charge in [0.2, 0.25) is 6.08 Å². The second-order valence-corrected chi connectivity index (χ2v) is 5.86. The van der Waals surface area contributed by atoms with Crippen molar-refractivity contribution in [2.45, 2.75) is 95.9 Å². The zero-order valence-electron chi connectivity index (χ0n) is 12.0. The molecule has 1 rings (SSSR count). The predicted octanol–water partition coefficient (Wildman–Crippen LogP) is 5.17. The zero-order valence-corrected chi connectivity index (χ0v) is 12.0. The lowest BCUT2D eigenvalue weighted by Gasteiger charge is -2.32. The molecule has 1 aliphatic carbocycles. The average molecular weight is 251 g/mol. The number of unbranched alkanes of at least 4 members (excludes halogenated alkanes) is 6. The zero-order chi connectivity index (χ0) is 13.1. The summed E-state index contributed by atoms with van der Waals surface area (Å²) in [5.41, 5.74) is -0.0244. The van der Waals surface area contributed by atoms with Crippen LogP contribution in [0.5, 0.6) is 0 Å². The van der Waals surface area contributed by atoms with E-state index < -0.39 is 0 Å². The van der Waals surface area contributed by atoms with Crippen LogP contribution in [-0.4, -0.2) is 11.6 Å². The Labute approximate surface area is 112 Å². The molecule has 0 radical (unpaired) electrons. The lowest BCUT2D eigenvalue weighted by molar-refractivity contribution is 0.271. The number of hydrogen-bond donors (Lipinski definition) is 0. The summed E-state index contributed by atoms with van der Waals surface area (Å²) >= 11 is 0. The first kappa shape index (κ1) is 15.4. The first-order chi connectivity index (χ1) is 8.83. The van der Waals surface area contributed by atoms with Crippen molar-refractivity contribution in [1.29, 1.82) is 0 Å². The van der Waals surface area contributed by atoms with Gasteiger partial charge in [0.1, 0.15) is 0 Å². The Hall–Kier alpha value is -0.620. The van der Waals surface area contributed by atoms with Crippen molar-refractivity contribution in [3.05, 3.63) is 0 Å². The molecule has 0 heterocycles. The van der Waals surface area contributed by atoms with Gasteiger partial charge in [0.15, 0.2) is 0 Å². The summed E-state index contributed by atoms with van der Waals surface area (Å²) in [5, 5.41) is 0. The van der Waals surface area contributed by atoms with Crippen LogP contribution in [0.1, 0.15) is 90.4 Å². The molecule has 1 fully saturated rings. The van der Waals surface area contributed by atoms with Gasteiger partial charge in [-0.2, -0.15) is 4.99 Å². The Morgan fingerprint density at radius 2 is 1.56 bits per heavy atom. The molecule has 18 heavy (non-hydrogen) atoms. The van der Waals surface area contributed by atoms with Gasteiger partial charge in [0.25, 0.3) is 0 Å². The molecule has 1 saturated carbocycles. The maximum absolute atomic E-state index is 10.6. The maximum atomic E-state index is 10.6. The van der Waals surface area contributed by atoms with Gasteiger partial charge in [0, 0.05) is 0 Å². The van der Waals surface area contributed by atoms with Crippen molar-refractivity contribution >= 4 is 6.08 Å². The van der Waals surface area contributed by atoms with Crippen LogP contribution in [0, 0.1) is 0 Å². The Morgan fingerprint density at radius 3 is 2.17 bits per heavy atom. The van der Waals surface area contributed by atoms with E-state index in [1.54, 1.807) is 0 Å². The van der Waals surface area contributed by atoms with Gasteiger partial charge in [-0.1, -0.05) is 71.1 Å². The highest BCUT2D eigenvalue weighted by Crippen LogP contribution is 2.35. The van der Waals surface area contributed by atoms with Gasteiger partial charge in [-0.3, -0.25) is 0 Å². The molecule has 0 unspecified atom stereocenters. The minimum Gasteiger partial charge on any atom is -0.211 e. The van der Waals surface area contributed by atoms with Gasteiger partial charge in [0.05, 0.1) is 5.54 Å². The molecular weight excluding hydrogens is 222 g/mol. The molecule has 0 aromatic carbocycles. The third kappa shape index (κ3) is 5.82. The van der Waals surface area contributed by atoms with Crippen LogP contribution in [0.15, 0.2) is 4.99 Å². The second-order valence-electron chi connectivity index (χ2n) is 5.86. The predicted molar refractivity (Wildman–Crippen MR) is 76.5 cm³/mol. The first-order valence-electron chi connectivity index (χ1n) is 7.92. The van der Waals surface area contributed by atoms with Gasteiger partial charge in [-0.25, -0.2) is 4.79 Å². The monoisotopic (exact) mass is 251 g/mol. The van der Waals surface area contributed by atoms with E-state index in [4.69, 9.17) is 0 Å². The molecule has 0 N–H and O–H groups in total. The summed E-state index contributed by atoms with van der Waals surface area (Å²) in [6.45, 7) is 2.25. The molecule has 1 aliphatic rings. The minimum absolute atomic E-state index is 0.0244. The topological polar surface area (TPSA) is 29.4 Å². The van der Waals surface area contributed by atoms with E-state index in [1.807, 2.05) is 6.08 Å².